The molecule has 0 saturated carbocycles. The molecule has 3 aromatic rings. The number of aromatic nitrogens is 3. The maximum Gasteiger partial charge on any atom is 0.293 e. The van der Waals surface area contributed by atoms with Crippen molar-refractivity contribution in [2.75, 3.05) is 13.1 Å². The lowest BCUT2D eigenvalue weighted by Gasteiger charge is -2.22. The molecule has 0 aliphatic carbocycles. The number of benzene rings is 1. The van der Waals surface area contributed by atoms with Crippen LogP contribution in [0.5, 0.6) is 0 Å². The van der Waals surface area contributed by atoms with Gasteiger partial charge in [-0.3, -0.25) is 4.79 Å². The zero-order chi connectivity index (χ0) is 19.1. The highest BCUT2D eigenvalue weighted by atomic mass is 35.5. The molecule has 2 aromatic heterocycles. The number of rotatable bonds is 3. The molecule has 1 aromatic carbocycles. The van der Waals surface area contributed by atoms with Crippen LogP contribution in [0.1, 0.15) is 29.9 Å². The summed E-state index contributed by atoms with van der Waals surface area (Å²) in [5, 5.41) is 10.1. The Morgan fingerprint density at radius 3 is 2.69 bits per heavy atom. The number of hydrogen-bond donors (Lipinski definition) is 1. The highest BCUT2D eigenvalue weighted by molar-refractivity contribution is 7.13. The molecular formula is C20H21ClFN5OS. The Labute approximate surface area is 178 Å². The Kier molecular flexibility index (Phi) is 5.67. The number of hydrogen-bond acceptors (Lipinski definition) is 5. The maximum absolute atomic E-state index is 13.4. The van der Waals surface area contributed by atoms with Crippen LogP contribution in [0.4, 0.5) is 4.39 Å². The SMILES string of the molecule is Cl.O=C(c1nc(-c2cccs2)n(-c2ccc(F)cc2)n1)N1CCC2CCC(C1)N2. The Balaban J connectivity index is 0.00000205. The van der Waals surface area contributed by atoms with Gasteiger partial charge in [-0.05, 0) is 55.0 Å². The third-order valence-corrected chi connectivity index (χ3v) is 6.29. The van der Waals surface area contributed by atoms with Crippen molar-refractivity contribution in [1.82, 2.24) is 25.0 Å². The number of carbonyl (C=O) groups is 1. The van der Waals surface area contributed by atoms with Crippen LogP contribution in [0, 0.1) is 5.82 Å². The molecule has 2 bridgehead atoms. The van der Waals surface area contributed by atoms with Crippen LogP contribution in [0.3, 0.4) is 0 Å². The highest BCUT2D eigenvalue weighted by Gasteiger charge is 2.33. The van der Waals surface area contributed by atoms with Crippen molar-refractivity contribution in [3.8, 4) is 16.4 Å². The average Bonchev–Trinajstić information content (AvgIpc) is 3.41. The van der Waals surface area contributed by atoms with Crippen LogP contribution in [0.25, 0.3) is 16.4 Å². The first kappa shape index (κ1) is 20.0. The number of fused-ring (bicyclic) bond motifs is 2. The van der Waals surface area contributed by atoms with E-state index in [4.69, 9.17) is 0 Å². The van der Waals surface area contributed by atoms with Gasteiger partial charge in [0.15, 0.2) is 5.82 Å². The van der Waals surface area contributed by atoms with E-state index in [0.29, 0.717) is 36.7 Å². The minimum absolute atomic E-state index is 0. The van der Waals surface area contributed by atoms with Crippen molar-refractivity contribution in [3.63, 3.8) is 0 Å². The minimum atomic E-state index is -0.315. The lowest BCUT2D eigenvalue weighted by atomic mass is 10.1. The fraction of sp³-hybridized carbons (Fsp3) is 0.350. The quantitative estimate of drug-likeness (QED) is 0.686. The van der Waals surface area contributed by atoms with Gasteiger partial charge in [-0.1, -0.05) is 6.07 Å². The molecular weight excluding hydrogens is 413 g/mol. The zero-order valence-electron chi connectivity index (χ0n) is 15.6. The first-order chi connectivity index (χ1) is 13.7. The molecule has 1 amide bonds. The van der Waals surface area contributed by atoms with E-state index in [-0.39, 0.29) is 30.0 Å². The molecule has 2 saturated heterocycles. The summed E-state index contributed by atoms with van der Waals surface area (Å²) < 4.78 is 15.0. The van der Waals surface area contributed by atoms with Gasteiger partial charge in [0.1, 0.15) is 5.82 Å². The van der Waals surface area contributed by atoms with Crippen LogP contribution in [-0.2, 0) is 0 Å². The largest absolute Gasteiger partial charge is 0.334 e. The van der Waals surface area contributed by atoms with E-state index in [1.807, 2.05) is 22.4 Å². The van der Waals surface area contributed by atoms with Gasteiger partial charge in [0.05, 0.1) is 10.6 Å². The Hall–Kier alpha value is -2.29. The number of nitrogens with one attached hydrogen (secondary N) is 1. The minimum Gasteiger partial charge on any atom is -0.334 e. The van der Waals surface area contributed by atoms with Gasteiger partial charge >= 0.3 is 0 Å². The van der Waals surface area contributed by atoms with Crippen LogP contribution < -0.4 is 5.32 Å². The van der Waals surface area contributed by atoms with Crippen LogP contribution in [0.15, 0.2) is 41.8 Å². The maximum atomic E-state index is 13.4. The molecule has 29 heavy (non-hydrogen) atoms. The van der Waals surface area contributed by atoms with E-state index in [2.05, 4.69) is 15.4 Å². The molecule has 2 fully saturated rings. The highest BCUT2D eigenvalue weighted by Crippen LogP contribution is 2.27. The molecule has 6 nitrogen and oxygen atoms in total. The molecule has 1 N–H and O–H groups in total. The van der Waals surface area contributed by atoms with Crippen LogP contribution in [-0.4, -0.2) is 50.7 Å². The van der Waals surface area contributed by atoms with E-state index in [1.165, 1.54) is 29.9 Å². The van der Waals surface area contributed by atoms with E-state index < -0.39 is 0 Å². The van der Waals surface area contributed by atoms with Crippen molar-refractivity contribution in [3.05, 3.63) is 53.4 Å². The third kappa shape index (κ3) is 3.92. The van der Waals surface area contributed by atoms with Gasteiger partial charge in [-0.25, -0.2) is 14.1 Å². The number of halogens is 2. The number of thiophene rings is 1. The summed E-state index contributed by atoms with van der Waals surface area (Å²) in [7, 11) is 0. The number of nitrogens with zero attached hydrogens (tertiary/aromatic N) is 4. The van der Waals surface area contributed by atoms with Gasteiger partial charge in [0.2, 0.25) is 5.82 Å². The zero-order valence-corrected chi connectivity index (χ0v) is 17.3. The molecule has 2 aliphatic heterocycles. The monoisotopic (exact) mass is 433 g/mol. The number of likely N-dealkylation sites (tertiary alicyclic amines) is 1. The second-order valence-corrected chi connectivity index (χ2v) is 8.25. The first-order valence-electron chi connectivity index (χ1n) is 9.49. The number of amides is 1. The smallest absolute Gasteiger partial charge is 0.293 e. The summed E-state index contributed by atoms with van der Waals surface area (Å²) in [4.78, 5) is 20.5. The van der Waals surface area contributed by atoms with Gasteiger partial charge < -0.3 is 10.2 Å². The van der Waals surface area contributed by atoms with Crippen molar-refractivity contribution < 1.29 is 9.18 Å². The molecule has 4 heterocycles. The first-order valence-corrected chi connectivity index (χ1v) is 10.4. The van der Waals surface area contributed by atoms with Gasteiger partial charge in [-0.2, -0.15) is 0 Å². The molecule has 9 heteroatoms. The lowest BCUT2D eigenvalue weighted by molar-refractivity contribution is 0.0736. The second kappa shape index (κ2) is 8.22. The second-order valence-electron chi connectivity index (χ2n) is 7.30. The van der Waals surface area contributed by atoms with E-state index in [1.54, 1.807) is 16.8 Å². The van der Waals surface area contributed by atoms with Crippen molar-refractivity contribution in [2.45, 2.75) is 31.3 Å². The number of carbonyl (C=O) groups excluding carboxylic acids is 1. The van der Waals surface area contributed by atoms with E-state index in [9.17, 15) is 9.18 Å². The summed E-state index contributed by atoms with van der Waals surface area (Å²) in [6, 6.07) is 10.8. The summed E-state index contributed by atoms with van der Waals surface area (Å²) in [6.07, 6.45) is 3.25. The Morgan fingerprint density at radius 2 is 1.93 bits per heavy atom. The summed E-state index contributed by atoms with van der Waals surface area (Å²) in [5.74, 6) is 0.322. The standard InChI is InChI=1S/C20H20FN5OS.ClH/c21-13-3-7-16(8-4-13)26-19(17-2-1-11-28-17)23-18(24-26)20(27)25-10-9-14-5-6-15(12-25)22-14;/h1-4,7-8,11,14-15,22H,5-6,9-10,12H2;1H. The fourth-order valence-corrected chi connectivity index (χ4v) is 4.70. The van der Waals surface area contributed by atoms with Crippen LogP contribution in [0.2, 0.25) is 0 Å². The Bertz CT molecular complexity index is 991. The van der Waals surface area contributed by atoms with E-state index >= 15 is 0 Å². The molecule has 2 aliphatic rings. The molecule has 2 unspecified atom stereocenters. The molecule has 0 radical (unpaired) electrons. The Morgan fingerprint density at radius 1 is 1.14 bits per heavy atom. The van der Waals surface area contributed by atoms with Crippen molar-refractivity contribution in [2.24, 2.45) is 0 Å². The van der Waals surface area contributed by atoms with E-state index in [0.717, 1.165) is 17.7 Å². The molecule has 0 spiro atoms. The normalized spacial score (nSPS) is 20.9. The summed E-state index contributed by atoms with van der Waals surface area (Å²) in [5.41, 5.74) is 0.674. The van der Waals surface area contributed by atoms with Crippen molar-refractivity contribution in [1.29, 1.82) is 0 Å². The van der Waals surface area contributed by atoms with Crippen LogP contribution >= 0.6 is 23.7 Å². The predicted molar refractivity (Wildman–Crippen MR) is 112 cm³/mol. The summed E-state index contributed by atoms with van der Waals surface area (Å²) >= 11 is 1.53. The molecule has 5 rings (SSSR count). The van der Waals surface area contributed by atoms with Gasteiger partial charge in [-0.15, -0.1) is 28.8 Å². The third-order valence-electron chi connectivity index (χ3n) is 5.42. The van der Waals surface area contributed by atoms with Gasteiger partial charge in [0, 0.05) is 25.2 Å². The fourth-order valence-electron chi connectivity index (χ4n) is 4.00. The lowest BCUT2D eigenvalue weighted by Crippen LogP contribution is -2.39. The van der Waals surface area contributed by atoms with Gasteiger partial charge in [0.25, 0.3) is 5.91 Å². The topological polar surface area (TPSA) is 63.1 Å². The average molecular weight is 434 g/mol. The molecule has 152 valence electrons. The molecule has 2 atom stereocenters. The van der Waals surface area contributed by atoms with Crippen molar-refractivity contribution >= 4 is 29.7 Å². The summed E-state index contributed by atoms with van der Waals surface area (Å²) in [6.45, 7) is 1.40. The predicted octanol–water partition coefficient (Wildman–Crippen LogP) is 3.52.